The van der Waals surface area contributed by atoms with Gasteiger partial charge in [-0.25, -0.2) is 0 Å². The Labute approximate surface area is 159 Å². The first kappa shape index (κ1) is 17.5. The molecule has 0 bridgehead atoms. The van der Waals surface area contributed by atoms with Crippen molar-refractivity contribution in [3.05, 3.63) is 0 Å². The summed E-state index contributed by atoms with van der Waals surface area (Å²) in [5.41, 5.74) is 0.415. The van der Waals surface area contributed by atoms with Crippen molar-refractivity contribution in [3.63, 3.8) is 0 Å². The van der Waals surface area contributed by atoms with Crippen molar-refractivity contribution in [2.45, 2.75) is 58.3 Å². The van der Waals surface area contributed by atoms with Gasteiger partial charge in [0, 0.05) is 32.7 Å². The standard InChI is InChI=1S/C22H37N3O/c1-2-23-16-19-21(9-13-24(14-10-21)15-18-5-6-18)7-8-22(19,17-23)20(26)25-11-3-4-12-25/h18-19H,2-17H2,1H3/t19-,22+/m0/s1. The molecule has 0 N–H and O–H groups in total. The highest BCUT2D eigenvalue weighted by atomic mass is 16.2. The first-order valence-corrected chi connectivity index (χ1v) is 11.4. The second-order valence-electron chi connectivity index (χ2n) is 10.1. The monoisotopic (exact) mass is 359 g/mol. The Hall–Kier alpha value is -0.610. The number of rotatable bonds is 4. The van der Waals surface area contributed by atoms with Gasteiger partial charge in [0.15, 0.2) is 0 Å². The largest absolute Gasteiger partial charge is 0.342 e. The van der Waals surface area contributed by atoms with Gasteiger partial charge in [-0.1, -0.05) is 6.92 Å². The maximum absolute atomic E-state index is 13.6. The van der Waals surface area contributed by atoms with Gasteiger partial charge in [-0.05, 0) is 88.3 Å². The topological polar surface area (TPSA) is 26.8 Å². The summed E-state index contributed by atoms with van der Waals surface area (Å²) in [6.07, 6.45) is 10.5. The molecular formula is C22H37N3O. The molecule has 146 valence electrons. The molecule has 5 fully saturated rings. The Morgan fingerprint density at radius 3 is 2.35 bits per heavy atom. The molecule has 3 heterocycles. The van der Waals surface area contributed by atoms with Crippen LogP contribution in [0.15, 0.2) is 0 Å². The molecule has 0 aromatic rings. The molecule has 0 aromatic heterocycles. The van der Waals surface area contributed by atoms with E-state index in [1.165, 1.54) is 71.1 Å². The third kappa shape index (κ3) is 2.74. The van der Waals surface area contributed by atoms with Crippen LogP contribution >= 0.6 is 0 Å². The van der Waals surface area contributed by atoms with Gasteiger partial charge in [-0.15, -0.1) is 0 Å². The zero-order valence-corrected chi connectivity index (χ0v) is 16.7. The predicted molar refractivity (Wildman–Crippen MR) is 104 cm³/mol. The maximum atomic E-state index is 13.6. The van der Waals surface area contributed by atoms with Gasteiger partial charge in [-0.2, -0.15) is 0 Å². The highest BCUT2D eigenvalue weighted by molar-refractivity contribution is 5.84. The van der Waals surface area contributed by atoms with Crippen LogP contribution in [0, 0.1) is 22.7 Å². The molecule has 0 unspecified atom stereocenters. The van der Waals surface area contributed by atoms with E-state index in [4.69, 9.17) is 0 Å². The van der Waals surface area contributed by atoms with Crippen LogP contribution in [0.1, 0.15) is 58.3 Å². The van der Waals surface area contributed by atoms with Crippen molar-refractivity contribution >= 4 is 5.91 Å². The summed E-state index contributed by atoms with van der Waals surface area (Å²) < 4.78 is 0. The third-order valence-corrected chi connectivity index (χ3v) is 8.75. The van der Waals surface area contributed by atoms with Crippen LogP contribution in [-0.2, 0) is 4.79 Å². The van der Waals surface area contributed by atoms with E-state index in [9.17, 15) is 4.79 Å². The van der Waals surface area contributed by atoms with Crippen molar-refractivity contribution in [2.75, 3.05) is 52.4 Å². The van der Waals surface area contributed by atoms with E-state index in [0.717, 1.165) is 38.5 Å². The lowest BCUT2D eigenvalue weighted by molar-refractivity contribution is -0.143. The Morgan fingerprint density at radius 2 is 1.69 bits per heavy atom. The van der Waals surface area contributed by atoms with Crippen LogP contribution in [0.4, 0.5) is 0 Å². The van der Waals surface area contributed by atoms with Crippen molar-refractivity contribution in [1.29, 1.82) is 0 Å². The van der Waals surface area contributed by atoms with Crippen molar-refractivity contribution in [2.24, 2.45) is 22.7 Å². The minimum atomic E-state index is -0.0426. The number of nitrogens with zero attached hydrogens (tertiary/aromatic N) is 3. The van der Waals surface area contributed by atoms with E-state index in [2.05, 4.69) is 21.6 Å². The average Bonchev–Trinajstić information content (AvgIpc) is 3.10. The first-order valence-electron chi connectivity index (χ1n) is 11.4. The summed E-state index contributed by atoms with van der Waals surface area (Å²) in [5, 5.41) is 0. The number of carbonyl (C=O) groups excluding carboxylic acids is 1. The lowest BCUT2D eigenvalue weighted by Crippen LogP contribution is -2.49. The van der Waals surface area contributed by atoms with E-state index >= 15 is 0 Å². The smallest absolute Gasteiger partial charge is 0.230 e. The van der Waals surface area contributed by atoms with Crippen molar-refractivity contribution in [1.82, 2.24) is 14.7 Å². The molecule has 5 aliphatic rings. The SMILES string of the molecule is CCN1C[C@H]2C3(CCN(CC4CC4)CC3)CC[C@@]2(C(=O)N2CCCC2)C1. The quantitative estimate of drug-likeness (QED) is 0.772. The van der Waals surface area contributed by atoms with E-state index in [-0.39, 0.29) is 5.41 Å². The van der Waals surface area contributed by atoms with E-state index in [0.29, 0.717) is 17.2 Å². The van der Waals surface area contributed by atoms with E-state index in [1.807, 2.05) is 0 Å². The Kier molecular flexibility index (Phi) is 4.36. The summed E-state index contributed by atoms with van der Waals surface area (Å²) >= 11 is 0. The van der Waals surface area contributed by atoms with Gasteiger partial charge < -0.3 is 14.7 Å². The molecule has 3 aliphatic heterocycles. The minimum absolute atomic E-state index is 0.0426. The molecule has 0 aromatic carbocycles. The average molecular weight is 360 g/mol. The molecule has 5 rings (SSSR count). The molecule has 1 spiro atoms. The number of hydrogen-bond donors (Lipinski definition) is 0. The van der Waals surface area contributed by atoms with Gasteiger partial charge >= 0.3 is 0 Å². The zero-order chi connectivity index (χ0) is 17.8. The molecule has 4 heteroatoms. The number of likely N-dealkylation sites (tertiary alicyclic amines) is 3. The lowest BCUT2D eigenvalue weighted by atomic mass is 9.65. The van der Waals surface area contributed by atoms with Gasteiger partial charge in [-0.3, -0.25) is 4.79 Å². The Balaban J connectivity index is 1.35. The number of amides is 1. The molecular weight excluding hydrogens is 322 g/mol. The van der Waals surface area contributed by atoms with Gasteiger partial charge in [0.05, 0.1) is 5.41 Å². The second-order valence-corrected chi connectivity index (χ2v) is 10.1. The minimum Gasteiger partial charge on any atom is -0.342 e. The Morgan fingerprint density at radius 1 is 0.962 bits per heavy atom. The summed E-state index contributed by atoms with van der Waals surface area (Å²) in [7, 11) is 0. The van der Waals surface area contributed by atoms with Crippen molar-refractivity contribution < 1.29 is 4.79 Å². The molecule has 0 radical (unpaired) electrons. The zero-order valence-electron chi connectivity index (χ0n) is 16.7. The number of fused-ring (bicyclic) bond motifs is 2. The number of carbonyl (C=O) groups is 1. The van der Waals surface area contributed by atoms with Gasteiger partial charge in [0.25, 0.3) is 0 Å². The lowest BCUT2D eigenvalue weighted by Gasteiger charge is -2.45. The fourth-order valence-corrected chi connectivity index (χ4v) is 6.93. The summed E-state index contributed by atoms with van der Waals surface area (Å²) in [6.45, 7) is 11.5. The van der Waals surface area contributed by atoms with E-state index < -0.39 is 0 Å². The summed E-state index contributed by atoms with van der Waals surface area (Å²) in [4.78, 5) is 21.2. The molecule has 3 saturated heterocycles. The second kappa shape index (κ2) is 6.48. The molecule has 1 amide bonds. The molecule has 26 heavy (non-hydrogen) atoms. The van der Waals surface area contributed by atoms with Crippen LogP contribution in [0.5, 0.6) is 0 Å². The summed E-state index contributed by atoms with van der Waals surface area (Å²) in [6, 6.07) is 0. The highest BCUT2D eigenvalue weighted by Gasteiger charge is 2.64. The Bertz CT molecular complexity index is 546. The maximum Gasteiger partial charge on any atom is 0.230 e. The molecule has 2 atom stereocenters. The molecule has 2 saturated carbocycles. The summed E-state index contributed by atoms with van der Waals surface area (Å²) in [5.74, 6) is 2.16. The van der Waals surface area contributed by atoms with E-state index in [1.54, 1.807) is 0 Å². The van der Waals surface area contributed by atoms with Crippen LogP contribution in [0.2, 0.25) is 0 Å². The fraction of sp³-hybridized carbons (Fsp3) is 0.955. The van der Waals surface area contributed by atoms with Crippen LogP contribution in [0.25, 0.3) is 0 Å². The van der Waals surface area contributed by atoms with Crippen LogP contribution in [-0.4, -0.2) is 73.0 Å². The normalized spacial score (nSPS) is 37.6. The van der Waals surface area contributed by atoms with Crippen LogP contribution in [0.3, 0.4) is 0 Å². The highest BCUT2D eigenvalue weighted by Crippen LogP contribution is 2.62. The molecule has 4 nitrogen and oxygen atoms in total. The number of hydrogen-bond acceptors (Lipinski definition) is 3. The fourth-order valence-electron chi connectivity index (χ4n) is 6.93. The third-order valence-electron chi connectivity index (χ3n) is 8.75. The van der Waals surface area contributed by atoms with Gasteiger partial charge in [0.2, 0.25) is 5.91 Å². The predicted octanol–water partition coefficient (Wildman–Crippen LogP) is 2.83. The number of piperidine rings is 1. The molecule has 2 aliphatic carbocycles. The van der Waals surface area contributed by atoms with Crippen LogP contribution < -0.4 is 0 Å². The van der Waals surface area contributed by atoms with Gasteiger partial charge in [0.1, 0.15) is 0 Å². The van der Waals surface area contributed by atoms with Crippen molar-refractivity contribution in [3.8, 4) is 0 Å². The first-order chi connectivity index (χ1) is 12.7.